The van der Waals surface area contributed by atoms with Crippen LogP contribution in [0.4, 0.5) is 8.78 Å². The summed E-state index contributed by atoms with van der Waals surface area (Å²) in [6, 6.07) is 3.82. The molecule has 1 saturated carbocycles. The van der Waals surface area contributed by atoms with E-state index in [1.807, 2.05) is 0 Å². The number of amides is 1. The largest absolute Gasteiger partial charge is 0.352 e. The summed E-state index contributed by atoms with van der Waals surface area (Å²) in [7, 11) is 0. The maximum atomic E-state index is 13.4. The lowest BCUT2D eigenvalue weighted by Crippen LogP contribution is -2.33. The van der Waals surface area contributed by atoms with Crippen LogP contribution >= 0.6 is 0 Å². The van der Waals surface area contributed by atoms with Crippen LogP contribution < -0.4 is 10.6 Å². The predicted molar refractivity (Wildman–Crippen MR) is 61.8 cm³/mol. The third-order valence-electron chi connectivity index (χ3n) is 3.82. The molecule has 1 aromatic carbocycles. The van der Waals surface area contributed by atoms with Gasteiger partial charge in [0.25, 0.3) is 0 Å². The highest BCUT2D eigenvalue weighted by Crippen LogP contribution is 2.41. The Labute approximate surface area is 104 Å². The summed E-state index contributed by atoms with van der Waals surface area (Å²) in [5.74, 6) is -0.636. The van der Waals surface area contributed by atoms with Crippen molar-refractivity contribution >= 4 is 5.91 Å². The number of piperidine rings is 1. The third kappa shape index (κ3) is 1.99. The summed E-state index contributed by atoms with van der Waals surface area (Å²) in [5.41, 5.74) is -0.154. The van der Waals surface area contributed by atoms with E-state index in [4.69, 9.17) is 0 Å². The summed E-state index contributed by atoms with van der Waals surface area (Å²) in [4.78, 5) is 11.7. The molecule has 2 unspecified atom stereocenters. The molecule has 1 heterocycles. The quantitative estimate of drug-likeness (QED) is 0.837. The molecule has 1 aliphatic carbocycles. The molecule has 0 bridgehead atoms. The second-order valence-corrected chi connectivity index (χ2v) is 4.96. The van der Waals surface area contributed by atoms with Gasteiger partial charge in [0.05, 0.1) is 6.42 Å². The molecule has 0 radical (unpaired) electrons. The van der Waals surface area contributed by atoms with Crippen LogP contribution in [0.15, 0.2) is 18.2 Å². The van der Waals surface area contributed by atoms with Crippen LogP contribution in [0.1, 0.15) is 5.56 Å². The molecule has 1 aliphatic heterocycles. The minimum absolute atomic E-state index is 0.154. The minimum atomic E-state index is -0.664. The molecule has 2 fully saturated rings. The summed E-state index contributed by atoms with van der Waals surface area (Å²) in [6.07, 6.45) is -0.234. The molecule has 18 heavy (non-hydrogen) atoms. The van der Waals surface area contributed by atoms with Crippen LogP contribution in [0.5, 0.6) is 0 Å². The van der Waals surface area contributed by atoms with Crippen molar-refractivity contribution in [2.24, 2.45) is 11.8 Å². The van der Waals surface area contributed by atoms with Crippen LogP contribution in [-0.4, -0.2) is 25.0 Å². The number of rotatable bonds is 3. The zero-order chi connectivity index (χ0) is 12.7. The van der Waals surface area contributed by atoms with Crippen LogP contribution in [0, 0.1) is 23.5 Å². The molecule has 3 rings (SSSR count). The molecular weight excluding hydrogens is 238 g/mol. The van der Waals surface area contributed by atoms with Gasteiger partial charge in [0.2, 0.25) is 5.91 Å². The van der Waals surface area contributed by atoms with E-state index in [9.17, 15) is 13.6 Å². The molecule has 3 nitrogen and oxygen atoms in total. The number of fused-ring (bicyclic) bond motifs is 1. The van der Waals surface area contributed by atoms with Crippen molar-refractivity contribution in [2.45, 2.75) is 12.5 Å². The maximum Gasteiger partial charge on any atom is 0.224 e. The highest BCUT2D eigenvalue weighted by molar-refractivity contribution is 5.79. The molecule has 5 heteroatoms. The zero-order valence-corrected chi connectivity index (χ0v) is 9.75. The van der Waals surface area contributed by atoms with Crippen molar-refractivity contribution < 1.29 is 13.6 Å². The van der Waals surface area contributed by atoms with E-state index in [1.54, 1.807) is 0 Å². The molecule has 2 N–H and O–H groups in total. The Morgan fingerprint density at radius 3 is 2.50 bits per heavy atom. The van der Waals surface area contributed by atoms with Crippen molar-refractivity contribution in [3.8, 4) is 0 Å². The van der Waals surface area contributed by atoms with Gasteiger partial charge in [-0.3, -0.25) is 4.79 Å². The van der Waals surface area contributed by atoms with Gasteiger partial charge in [-0.1, -0.05) is 6.07 Å². The first-order chi connectivity index (χ1) is 8.66. The number of benzene rings is 1. The van der Waals surface area contributed by atoms with Crippen molar-refractivity contribution in [2.75, 3.05) is 13.1 Å². The van der Waals surface area contributed by atoms with Crippen molar-refractivity contribution in [1.29, 1.82) is 0 Å². The molecule has 2 atom stereocenters. The fraction of sp³-hybridized carbons (Fsp3) is 0.462. The second-order valence-electron chi connectivity index (χ2n) is 4.96. The van der Waals surface area contributed by atoms with Gasteiger partial charge in [0.15, 0.2) is 0 Å². The average molecular weight is 252 g/mol. The Morgan fingerprint density at radius 1 is 1.28 bits per heavy atom. The van der Waals surface area contributed by atoms with Gasteiger partial charge in [0.1, 0.15) is 11.6 Å². The summed E-state index contributed by atoms with van der Waals surface area (Å²) in [5, 5.41) is 6.07. The summed E-state index contributed by atoms with van der Waals surface area (Å²) in [6.45, 7) is 1.84. The van der Waals surface area contributed by atoms with E-state index < -0.39 is 11.6 Å². The smallest absolute Gasteiger partial charge is 0.224 e. The van der Waals surface area contributed by atoms with E-state index in [0.717, 1.165) is 13.1 Å². The van der Waals surface area contributed by atoms with E-state index in [1.165, 1.54) is 18.2 Å². The standard InChI is InChI=1S/C13H14F2N2O/c14-10-2-1-3-11(15)7(10)4-12(18)17-13-8-5-16-6-9(8)13/h1-3,8-9,13,16H,4-6H2,(H,17,18). The van der Waals surface area contributed by atoms with E-state index in [-0.39, 0.29) is 23.9 Å². The SMILES string of the molecule is O=C(Cc1c(F)cccc1F)NC1C2CNCC21. The summed E-state index contributed by atoms with van der Waals surface area (Å²) >= 11 is 0. The monoisotopic (exact) mass is 252 g/mol. The van der Waals surface area contributed by atoms with Crippen molar-refractivity contribution in [1.82, 2.24) is 10.6 Å². The molecule has 0 aromatic heterocycles. The third-order valence-corrected chi connectivity index (χ3v) is 3.82. The molecule has 2 aliphatic rings. The van der Waals surface area contributed by atoms with Crippen LogP contribution in [0.25, 0.3) is 0 Å². The van der Waals surface area contributed by atoms with Crippen LogP contribution in [-0.2, 0) is 11.2 Å². The van der Waals surface area contributed by atoms with Gasteiger partial charge in [0, 0.05) is 24.7 Å². The molecule has 1 aromatic rings. The lowest BCUT2D eigenvalue weighted by atomic mass is 10.1. The minimum Gasteiger partial charge on any atom is -0.352 e. The van der Waals surface area contributed by atoms with Crippen LogP contribution in [0.3, 0.4) is 0 Å². The Balaban J connectivity index is 1.61. The number of nitrogens with one attached hydrogen (secondary N) is 2. The Hall–Kier alpha value is -1.49. The van der Waals surface area contributed by atoms with Crippen LogP contribution in [0.2, 0.25) is 0 Å². The normalized spacial score (nSPS) is 28.9. The highest BCUT2D eigenvalue weighted by atomic mass is 19.1. The van der Waals surface area contributed by atoms with Gasteiger partial charge in [-0.15, -0.1) is 0 Å². The Morgan fingerprint density at radius 2 is 1.89 bits per heavy atom. The lowest BCUT2D eigenvalue weighted by Gasteiger charge is -2.08. The molecule has 96 valence electrons. The topological polar surface area (TPSA) is 41.1 Å². The van der Waals surface area contributed by atoms with Crippen molar-refractivity contribution in [3.05, 3.63) is 35.4 Å². The number of halogens is 2. The zero-order valence-electron chi connectivity index (χ0n) is 9.75. The molecule has 0 spiro atoms. The van der Waals surface area contributed by atoms with Crippen molar-refractivity contribution in [3.63, 3.8) is 0 Å². The van der Waals surface area contributed by atoms with Gasteiger partial charge in [-0.25, -0.2) is 8.78 Å². The molecule has 1 saturated heterocycles. The van der Waals surface area contributed by atoms with Gasteiger partial charge >= 0.3 is 0 Å². The fourth-order valence-electron chi connectivity index (χ4n) is 2.73. The number of carbonyl (C=O) groups excluding carboxylic acids is 1. The molecule has 1 amide bonds. The predicted octanol–water partition coefficient (Wildman–Crippen LogP) is 0.841. The Kier molecular flexibility index (Phi) is 2.78. The first kappa shape index (κ1) is 11.6. The molecular formula is C13H14F2N2O. The Bertz CT molecular complexity index is 462. The van der Waals surface area contributed by atoms with Gasteiger partial charge in [-0.05, 0) is 24.0 Å². The van der Waals surface area contributed by atoms with Gasteiger partial charge in [-0.2, -0.15) is 0 Å². The first-order valence-corrected chi connectivity index (χ1v) is 6.10. The van der Waals surface area contributed by atoms with E-state index >= 15 is 0 Å². The summed E-state index contributed by atoms with van der Waals surface area (Å²) < 4.78 is 26.7. The number of hydrogen-bond donors (Lipinski definition) is 2. The van der Waals surface area contributed by atoms with E-state index in [2.05, 4.69) is 10.6 Å². The lowest BCUT2D eigenvalue weighted by molar-refractivity contribution is -0.120. The number of hydrogen-bond acceptors (Lipinski definition) is 2. The second kappa shape index (κ2) is 4.31. The van der Waals surface area contributed by atoms with Gasteiger partial charge < -0.3 is 10.6 Å². The maximum absolute atomic E-state index is 13.4. The average Bonchev–Trinajstić information content (AvgIpc) is 2.76. The highest BCUT2D eigenvalue weighted by Gasteiger charge is 2.53. The van der Waals surface area contributed by atoms with E-state index in [0.29, 0.717) is 11.8 Å². The number of carbonyl (C=O) groups is 1. The first-order valence-electron chi connectivity index (χ1n) is 6.10. The fourth-order valence-corrected chi connectivity index (χ4v) is 2.73.